The van der Waals surface area contributed by atoms with Crippen molar-refractivity contribution < 1.29 is 19.0 Å². The van der Waals surface area contributed by atoms with Crippen LogP contribution >= 0.6 is 11.8 Å². The van der Waals surface area contributed by atoms with Crippen LogP contribution < -0.4 is 4.90 Å². The van der Waals surface area contributed by atoms with Gasteiger partial charge < -0.3 is 9.84 Å². The van der Waals surface area contributed by atoms with Crippen molar-refractivity contribution in [3.8, 4) is 0 Å². The molecule has 6 heteroatoms. The summed E-state index contributed by atoms with van der Waals surface area (Å²) in [5.41, 5.74) is 3.48. The van der Waals surface area contributed by atoms with Gasteiger partial charge in [-0.25, -0.2) is 9.18 Å². The zero-order valence-corrected chi connectivity index (χ0v) is 19.7. The number of hydrogen-bond acceptors (Lipinski definition) is 4. The molecular formula is C29H24FNO3S. The topological polar surface area (TPSA) is 49.8 Å². The monoisotopic (exact) mass is 485 g/mol. The highest BCUT2D eigenvalue weighted by Gasteiger charge is 2.39. The first-order valence-corrected chi connectivity index (χ1v) is 12.2. The zero-order chi connectivity index (χ0) is 24.3. The Morgan fingerprint density at radius 3 is 1.80 bits per heavy atom. The first kappa shape index (κ1) is 23.1. The fourth-order valence-corrected chi connectivity index (χ4v) is 5.81. The van der Waals surface area contributed by atoms with Crippen LogP contribution in [-0.4, -0.2) is 30.5 Å². The molecule has 0 unspecified atom stereocenters. The van der Waals surface area contributed by atoms with Gasteiger partial charge in [-0.2, -0.15) is 0 Å². The first-order chi connectivity index (χ1) is 17.1. The van der Waals surface area contributed by atoms with Crippen molar-refractivity contribution in [2.45, 2.75) is 15.7 Å². The van der Waals surface area contributed by atoms with Gasteiger partial charge in [0.05, 0.1) is 23.6 Å². The number of benzene rings is 4. The fraction of sp³-hybridized carbons (Fsp3) is 0.138. The van der Waals surface area contributed by atoms with Gasteiger partial charge in [-0.05, 0) is 34.9 Å². The van der Waals surface area contributed by atoms with Crippen LogP contribution in [0.2, 0.25) is 0 Å². The van der Waals surface area contributed by atoms with Crippen molar-refractivity contribution in [2.24, 2.45) is 0 Å². The van der Waals surface area contributed by atoms with E-state index in [4.69, 9.17) is 4.74 Å². The lowest BCUT2D eigenvalue weighted by molar-refractivity contribution is 0.0963. The Morgan fingerprint density at radius 2 is 1.37 bits per heavy atom. The van der Waals surface area contributed by atoms with Crippen LogP contribution in [0.4, 0.5) is 14.9 Å². The molecule has 0 spiro atoms. The van der Waals surface area contributed by atoms with Crippen molar-refractivity contribution in [3.05, 3.63) is 132 Å². The quantitative estimate of drug-likeness (QED) is 0.249. The second kappa shape index (κ2) is 9.94. The van der Waals surface area contributed by atoms with E-state index in [9.17, 15) is 9.90 Å². The lowest BCUT2D eigenvalue weighted by Gasteiger charge is -2.35. The lowest BCUT2D eigenvalue weighted by Crippen LogP contribution is -2.26. The van der Waals surface area contributed by atoms with Gasteiger partial charge in [-0.1, -0.05) is 91.0 Å². The Balaban J connectivity index is 1.62. The molecule has 0 saturated carbocycles. The van der Waals surface area contributed by atoms with Crippen molar-refractivity contribution in [2.75, 3.05) is 18.1 Å². The van der Waals surface area contributed by atoms with E-state index in [1.807, 2.05) is 54.6 Å². The standard InChI is InChI=1S/C29H24FNO3S/c30-26-18-24(31-19-25(20-32)34-28(31)33)16-17-27(26)35-29(21-10-4-1-5-11-21,22-12-6-2-7-13-22)23-14-8-3-9-15-23/h1-18,25,32H,19-20H2/t25-/m1/s1. The van der Waals surface area contributed by atoms with Crippen LogP contribution in [-0.2, 0) is 9.48 Å². The summed E-state index contributed by atoms with van der Waals surface area (Å²) in [4.78, 5) is 14.0. The van der Waals surface area contributed by atoms with E-state index < -0.39 is 22.8 Å². The average molecular weight is 486 g/mol. The number of thioether (sulfide) groups is 1. The average Bonchev–Trinajstić information content (AvgIpc) is 3.30. The highest BCUT2D eigenvalue weighted by molar-refractivity contribution is 8.00. The van der Waals surface area contributed by atoms with E-state index in [2.05, 4.69) is 36.4 Å². The summed E-state index contributed by atoms with van der Waals surface area (Å²) in [5.74, 6) is -0.431. The van der Waals surface area contributed by atoms with Gasteiger partial charge in [0.1, 0.15) is 11.9 Å². The van der Waals surface area contributed by atoms with Crippen molar-refractivity contribution >= 4 is 23.5 Å². The summed E-state index contributed by atoms with van der Waals surface area (Å²) < 4.78 is 20.0. The number of carbonyl (C=O) groups is 1. The first-order valence-electron chi connectivity index (χ1n) is 11.4. The van der Waals surface area contributed by atoms with E-state index >= 15 is 4.39 Å². The van der Waals surface area contributed by atoms with Crippen LogP contribution in [0.1, 0.15) is 16.7 Å². The highest BCUT2D eigenvalue weighted by Crippen LogP contribution is 2.52. The van der Waals surface area contributed by atoms with Crippen LogP contribution in [0.3, 0.4) is 0 Å². The summed E-state index contributed by atoms with van der Waals surface area (Å²) in [6.45, 7) is -0.0876. The number of rotatable bonds is 7. The third-order valence-electron chi connectivity index (χ3n) is 6.11. The minimum Gasteiger partial charge on any atom is -0.441 e. The molecule has 1 aliphatic rings. The Bertz CT molecular complexity index is 1200. The third kappa shape index (κ3) is 4.43. The van der Waals surface area contributed by atoms with Crippen molar-refractivity contribution in [1.82, 2.24) is 0 Å². The Kier molecular flexibility index (Phi) is 6.57. The Labute approximate surface area is 208 Å². The van der Waals surface area contributed by atoms with Gasteiger partial charge in [0.15, 0.2) is 0 Å². The van der Waals surface area contributed by atoms with Gasteiger partial charge in [0.25, 0.3) is 0 Å². The maximum absolute atomic E-state index is 15.6. The molecule has 4 nitrogen and oxygen atoms in total. The summed E-state index contributed by atoms with van der Waals surface area (Å²) in [5, 5.41) is 9.32. The molecule has 0 bridgehead atoms. The molecule has 1 N–H and O–H groups in total. The Hall–Kier alpha value is -3.61. The molecule has 0 radical (unpaired) electrons. The number of anilines is 1. The number of halogens is 1. The lowest BCUT2D eigenvalue weighted by atomic mass is 9.84. The molecule has 1 fully saturated rings. The number of amides is 1. The molecule has 1 heterocycles. The predicted octanol–water partition coefficient (Wildman–Crippen LogP) is 6.23. The van der Waals surface area contributed by atoms with Gasteiger partial charge in [0, 0.05) is 4.90 Å². The molecular weight excluding hydrogens is 461 g/mol. The van der Waals surface area contributed by atoms with E-state index in [0.29, 0.717) is 10.6 Å². The molecule has 1 aliphatic heterocycles. The second-order valence-electron chi connectivity index (χ2n) is 8.29. The van der Waals surface area contributed by atoms with Gasteiger partial charge in [-0.15, -0.1) is 11.8 Å². The number of cyclic esters (lactones) is 1. The number of nitrogens with zero attached hydrogens (tertiary/aromatic N) is 1. The minimum absolute atomic E-state index is 0.184. The second-order valence-corrected chi connectivity index (χ2v) is 9.55. The molecule has 176 valence electrons. The van der Waals surface area contributed by atoms with E-state index in [1.54, 1.807) is 12.1 Å². The number of aliphatic hydroxyl groups excluding tert-OH is 1. The molecule has 1 atom stereocenters. The molecule has 35 heavy (non-hydrogen) atoms. The van der Waals surface area contributed by atoms with Crippen LogP contribution in [0.25, 0.3) is 0 Å². The maximum atomic E-state index is 15.6. The molecule has 1 amide bonds. The minimum atomic E-state index is -0.708. The normalized spacial score (nSPS) is 15.8. The third-order valence-corrected chi connectivity index (χ3v) is 7.67. The van der Waals surface area contributed by atoms with E-state index in [0.717, 1.165) is 16.7 Å². The van der Waals surface area contributed by atoms with Crippen molar-refractivity contribution in [3.63, 3.8) is 0 Å². The molecule has 1 saturated heterocycles. The summed E-state index contributed by atoms with van der Waals surface area (Å²) in [6.07, 6.45) is -1.20. The smallest absolute Gasteiger partial charge is 0.414 e. The van der Waals surface area contributed by atoms with Crippen LogP contribution in [0.15, 0.2) is 114 Å². The molecule has 4 aromatic rings. The molecule has 5 rings (SSSR count). The fourth-order valence-electron chi connectivity index (χ4n) is 4.43. The number of ether oxygens (including phenoxy) is 1. The predicted molar refractivity (Wildman–Crippen MR) is 136 cm³/mol. The maximum Gasteiger partial charge on any atom is 0.414 e. The van der Waals surface area contributed by atoms with E-state index in [-0.39, 0.29) is 13.2 Å². The highest BCUT2D eigenvalue weighted by atomic mass is 32.2. The van der Waals surface area contributed by atoms with Crippen LogP contribution in [0.5, 0.6) is 0 Å². The number of hydrogen-bond donors (Lipinski definition) is 1. The Morgan fingerprint density at radius 1 is 0.857 bits per heavy atom. The van der Waals surface area contributed by atoms with Gasteiger partial charge in [-0.3, -0.25) is 4.90 Å². The SMILES string of the molecule is O=C1O[C@@H](CO)CN1c1ccc(SC(c2ccccc2)(c2ccccc2)c2ccccc2)c(F)c1. The van der Waals surface area contributed by atoms with E-state index in [1.165, 1.54) is 22.7 Å². The summed E-state index contributed by atoms with van der Waals surface area (Å²) >= 11 is 1.43. The summed E-state index contributed by atoms with van der Waals surface area (Å²) in [7, 11) is 0. The molecule has 0 aliphatic carbocycles. The van der Waals surface area contributed by atoms with Gasteiger partial charge >= 0.3 is 6.09 Å². The van der Waals surface area contributed by atoms with Crippen LogP contribution in [0, 0.1) is 5.82 Å². The summed E-state index contributed by atoms with van der Waals surface area (Å²) in [6, 6.07) is 35.0. The largest absolute Gasteiger partial charge is 0.441 e. The zero-order valence-electron chi connectivity index (χ0n) is 18.9. The van der Waals surface area contributed by atoms with Gasteiger partial charge in [0.2, 0.25) is 0 Å². The molecule has 4 aromatic carbocycles. The number of carbonyl (C=O) groups excluding carboxylic acids is 1. The molecule has 0 aromatic heterocycles. The number of aliphatic hydroxyl groups is 1. The van der Waals surface area contributed by atoms with Crippen molar-refractivity contribution in [1.29, 1.82) is 0 Å².